The number of imidazole rings is 1. The van der Waals surface area contributed by atoms with Crippen LogP contribution in [0.2, 0.25) is 0 Å². The number of aryl methyl sites for hydroxylation is 1. The van der Waals surface area contributed by atoms with E-state index in [-0.39, 0.29) is 5.91 Å². The van der Waals surface area contributed by atoms with Crippen LogP contribution in [0.1, 0.15) is 17.7 Å². The maximum Gasteiger partial charge on any atom is 0.222 e. The SMILES string of the molecule is COCCN(CCc1csc2nc(-c3ccc4ccccc4c3)cn12)C(=O)CCc1ccccc1. The van der Waals surface area contributed by atoms with Crippen LogP contribution in [-0.2, 0) is 22.4 Å². The van der Waals surface area contributed by atoms with Crippen molar-refractivity contribution < 1.29 is 9.53 Å². The summed E-state index contributed by atoms with van der Waals surface area (Å²) in [5.74, 6) is 0.167. The van der Waals surface area contributed by atoms with E-state index >= 15 is 0 Å². The first kappa shape index (κ1) is 23.3. The Balaban J connectivity index is 1.29. The van der Waals surface area contributed by atoms with Gasteiger partial charge in [0.05, 0.1) is 12.3 Å². The molecular formula is C29H29N3O2S. The summed E-state index contributed by atoms with van der Waals surface area (Å²) in [4.78, 5) is 20.8. The molecule has 6 heteroatoms. The summed E-state index contributed by atoms with van der Waals surface area (Å²) in [6.45, 7) is 1.79. The van der Waals surface area contributed by atoms with E-state index in [1.54, 1.807) is 18.4 Å². The molecule has 5 aromatic rings. The quantitative estimate of drug-likeness (QED) is 0.250. The molecule has 178 valence electrons. The predicted octanol–water partition coefficient (Wildman–Crippen LogP) is 5.87. The molecule has 0 saturated heterocycles. The Kier molecular flexibility index (Phi) is 7.21. The highest BCUT2D eigenvalue weighted by molar-refractivity contribution is 7.15. The molecule has 1 amide bonds. The second-order valence-corrected chi connectivity index (χ2v) is 9.51. The molecule has 0 atom stereocenters. The van der Waals surface area contributed by atoms with Crippen molar-refractivity contribution in [2.24, 2.45) is 0 Å². The molecule has 0 N–H and O–H groups in total. The molecule has 0 bridgehead atoms. The van der Waals surface area contributed by atoms with Gasteiger partial charge in [-0.1, -0.05) is 66.7 Å². The summed E-state index contributed by atoms with van der Waals surface area (Å²) < 4.78 is 7.43. The normalized spacial score (nSPS) is 11.3. The van der Waals surface area contributed by atoms with Gasteiger partial charge in [-0.2, -0.15) is 0 Å². The lowest BCUT2D eigenvalue weighted by atomic mass is 10.1. The zero-order chi connectivity index (χ0) is 24.0. The molecule has 0 fully saturated rings. The first-order valence-electron chi connectivity index (χ1n) is 12.0. The second kappa shape index (κ2) is 10.8. The zero-order valence-corrected chi connectivity index (χ0v) is 20.7. The van der Waals surface area contributed by atoms with Crippen molar-refractivity contribution in [3.05, 3.63) is 95.6 Å². The molecule has 35 heavy (non-hydrogen) atoms. The highest BCUT2D eigenvalue weighted by Crippen LogP contribution is 2.27. The number of methoxy groups -OCH3 is 1. The van der Waals surface area contributed by atoms with Crippen molar-refractivity contribution in [2.75, 3.05) is 26.8 Å². The number of carbonyl (C=O) groups is 1. The maximum absolute atomic E-state index is 13.0. The fourth-order valence-electron chi connectivity index (χ4n) is 4.36. The monoisotopic (exact) mass is 483 g/mol. The smallest absolute Gasteiger partial charge is 0.222 e. The van der Waals surface area contributed by atoms with Crippen molar-refractivity contribution in [1.82, 2.24) is 14.3 Å². The summed E-state index contributed by atoms with van der Waals surface area (Å²) in [5.41, 5.74) is 4.44. The van der Waals surface area contributed by atoms with Crippen LogP contribution in [0, 0.1) is 0 Å². The van der Waals surface area contributed by atoms with Gasteiger partial charge < -0.3 is 9.64 Å². The number of nitrogens with zero attached hydrogens (tertiary/aromatic N) is 3. The lowest BCUT2D eigenvalue weighted by molar-refractivity contribution is -0.131. The summed E-state index contributed by atoms with van der Waals surface area (Å²) in [5, 5.41) is 4.59. The van der Waals surface area contributed by atoms with Gasteiger partial charge in [-0.05, 0) is 28.8 Å². The van der Waals surface area contributed by atoms with E-state index in [9.17, 15) is 4.79 Å². The largest absolute Gasteiger partial charge is 0.383 e. The molecule has 3 aromatic carbocycles. The number of thiazole rings is 1. The Morgan fingerprint density at radius 2 is 1.77 bits per heavy atom. The number of carbonyl (C=O) groups excluding carboxylic acids is 1. The van der Waals surface area contributed by atoms with E-state index in [1.165, 1.54) is 22.0 Å². The number of aromatic nitrogens is 2. The minimum Gasteiger partial charge on any atom is -0.383 e. The Labute approximate surface area is 209 Å². The minimum atomic E-state index is 0.167. The molecule has 2 aromatic heterocycles. The second-order valence-electron chi connectivity index (χ2n) is 8.68. The van der Waals surface area contributed by atoms with Crippen molar-refractivity contribution in [2.45, 2.75) is 19.3 Å². The molecule has 0 aliphatic carbocycles. The Morgan fingerprint density at radius 1 is 0.971 bits per heavy atom. The van der Waals surface area contributed by atoms with Gasteiger partial charge in [0.1, 0.15) is 0 Å². The Bertz CT molecular complexity index is 1420. The lowest BCUT2D eigenvalue weighted by Gasteiger charge is -2.22. The van der Waals surface area contributed by atoms with Crippen LogP contribution in [0.3, 0.4) is 0 Å². The van der Waals surface area contributed by atoms with Crippen LogP contribution in [0.15, 0.2) is 84.4 Å². The van der Waals surface area contributed by atoms with Crippen molar-refractivity contribution in [3.8, 4) is 11.3 Å². The average Bonchev–Trinajstić information content (AvgIpc) is 3.49. The fraction of sp³-hybridized carbons (Fsp3) is 0.241. The summed E-state index contributed by atoms with van der Waals surface area (Å²) in [7, 11) is 1.68. The highest BCUT2D eigenvalue weighted by atomic mass is 32.1. The number of benzene rings is 3. The van der Waals surface area contributed by atoms with E-state index in [0.717, 1.165) is 29.1 Å². The van der Waals surface area contributed by atoms with E-state index < -0.39 is 0 Å². The number of hydrogen-bond acceptors (Lipinski definition) is 4. The van der Waals surface area contributed by atoms with Gasteiger partial charge in [-0.15, -0.1) is 11.3 Å². The predicted molar refractivity (Wildman–Crippen MR) is 143 cm³/mol. The Morgan fingerprint density at radius 3 is 2.60 bits per heavy atom. The van der Waals surface area contributed by atoms with Crippen molar-refractivity contribution in [1.29, 1.82) is 0 Å². The molecule has 0 radical (unpaired) electrons. The van der Waals surface area contributed by atoms with Crippen molar-refractivity contribution in [3.63, 3.8) is 0 Å². The zero-order valence-electron chi connectivity index (χ0n) is 19.9. The number of hydrogen-bond donors (Lipinski definition) is 0. The standard InChI is InChI=1S/C29H29N3O2S/c1-34-18-17-31(28(33)14-11-22-7-3-2-4-8-22)16-15-26-21-35-29-30-27(20-32(26)29)25-13-12-23-9-5-6-10-24(23)19-25/h2-10,12-13,19-21H,11,14-18H2,1H3. The molecule has 0 unspecified atom stereocenters. The molecule has 0 aliphatic heterocycles. The lowest BCUT2D eigenvalue weighted by Crippen LogP contribution is -2.35. The third-order valence-electron chi connectivity index (χ3n) is 6.35. The third kappa shape index (κ3) is 5.45. The first-order valence-corrected chi connectivity index (χ1v) is 12.8. The topological polar surface area (TPSA) is 46.8 Å². The number of amides is 1. The summed E-state index contributed by atoms with van der Waals surface area (Å²) >= 11 is 1.64. The highest BCUT2D eigenvalue weighted by Gasteiger charge is 2.16. The molecule has 0 spiro atoms. The van der Waals surface area contributed by atoms with Gasteiger partial charge in [0.25, 0.3) is 0 Å². The molecule has 0 aliphatic rings. The molecule has 5 rings (SSSR count). The Hall–Kier alpha value is -3.48. The number of rotatable bonds is 10. The van der Waals surface area contributed by atoms with E-state index in [0.29, 0.717) is 26.1 Å². The van der Waals surface area contributed by atoms with Crippen molar-refractivity contribution >= 4 is 33.0 Å². The van der Waals surface area contributed by atoms with E-state index in [1.807, 2.05) is 23.1 Å². The van der Waals surface area contributed by atoms with E-state index in [2.05, 4.69) is 70.6 Å². The third-order valence-corrected chi connectivity index (χ3v) is 7.24. The van der Waals surface area contributed by atoms with Gasteiger partial charge in [0, 0.05) is 55.9 Å². The first-order chi connectivity index (χ1) is 17.2. The molecule has 2 heterocycles. The number of fused-ring (bicyclic) bond motifs is 2. The van der Waals surface area contributed by atoms with Crippen LogP contribution in [0.5, 0.6) is 0 Å². The van der Waals surface area contributed by atoms with Crippen LogP contribution >= 0.6 is 11.3 Å². The van der Waals surface area contributed by atoms with Crippen LogP contribution in [0.25, 0.3) is 27.0 Å². The van der Waals surface area contributed by atoms with Gasteiger partial charge in [0.2, 0.25) is 5.91 Å². The van der Waals surface area contributed by atoms with Crippen LogP contribution < -0.4 is 0 Å². The summed E-state index contributed by atoms with van der Waals surface area (Å²) in [6.07, 6.45) is 4.14. The molecule has 0 saturated carbocycles. The maximum atomic E-state index is 13.0. The fourth-order valence-corrected chi connectivity index (χ4v) is 5.27. The van der Waals surface area contributed by atoms with Crippen LogP contribution in [-0.4, -0.2) is 47.0 Å². The molecular weight excluding hydrogens is 454 g/mol. The van der Waals surface area contributed by atoms with E-state index in [4.69, 9.17) is 9.72 Å². The van der Waals surface area contributed by atoms with Gasteiger partial charge in [-0.25, -0.2) is 4.98 Å². The van der Waals surface area contributed by atoms with Gasteiger partial charge in [-0.3, -0.25) is 9.20 Å². The van der Waals surface area contributed by atoms with Crippen LogP contribution in [0.4, 0.5) is 0 Å². The number of ether oxygens (including phenoxy) is 1. The minimum absolute atomic E-state index is 0.167. The molecule has 5 nitrogen and oxygen atoms in total. The average molecular weight is 484 g/mol. The summed E-state index contributed by atoms with van der Waals surface area (Å²) in [6, 6.07) is 25.0. The van der Waals surface area contributed by atoms with Gasteiger partial charge >= 0.3 is 0 Å². The van der Waals surface area contributed by atoms with Gasteiger partial charge in [0.15, 0.2) is 4.96 Å².